The fourth-order valence-corrected chi connectivity index (χ4v) is 9.30. The third-order valence-electron chi connectivity index (χ3n) is 10.6. The Labute approximate surface area is 290 Å². The Hall–Kier alpha value is -5.70. The summed E-state index contributed by atoms with van der Waals surface area (Å²) >= 11 is 1.86. The molecule has 0 aliphatic heterocycles. The fourth-order valence-electron chi connectivity index (χ4n) is 8.21. The van der Waals surface area contributed by atoms with Crippen molar-refractivity contribution < 1.29 is 0 Å². The zero-order valence-electron chi connectivity index (χ0n) is 27.4. The van der Waals surface area contributed by atoms with Gasteiger partial charge in [0.05, 0.1) is 0 Å². The number of para-hydroxylation sites is 1. The van der Waals surface area contributed by atoms with Gasteiger partial charge in [-0.2, -0.15) is 0 Å². The molecular formula is C47H33NS. The maximum absolute atomic E-state index is 2.46. The van der Waals surface area contributed by atoms with Gasteiger partial charge in [0.15, 0.2) is 0 Å². The second kappa shape index (κ2) is 10.7. The van der Waals surface area contributed by atoms with Crippen LogP contribution in [0.25, 0.3) is 64.0 Å². The average Bonchev–Trinajstić information content (AvgIpc) is 3.63. The van der Waals surface area contributed by atoms with Gasteiger partial charge in [0.2, 0.25) is 0 Å². The molecule has 10 rings (SSSR count). The van der Waals surface area contributed by atoms with Crippen LogP contribution in [-0.2, 0) is 5.41 Å². The van der Waals surface area contributed by atoms with Crippen LogP contribution < -0.4 is 4.90 Å². The van der Waals surface area contributed by atoms with Crippen LogP contribution >= 0.6 is 11.3 Å². The first-order valence-electron chi connectivity index (χ1n) is 17.0. The van der Waals surface area contributed by atoms with Gasteiger partial charge in [-0.05, 0) is 122 Å². The van der Waals surface area contributed by atoms with Gasteiger partial charge in [0, 0.05) is 42.6 Å². The highest BCUT2D eigenvalue weighted by Crippen LogP contribution is 2.51. The van der Waals surface area contributed by atoms with E-state index >= 15 is 0 Å². The van der Waals surface area contributed by atoms with Crippen LogP contribution in [0.5, 0.6) is 0 Å². The second-order valence-electron chi connectivity index (χ2n) is 13.8. The van der Waals surface area contributed by atoms with Crippen molar-refractivity contribution >= 4 is 70.1 Å². The molecule has 0 unspecified atom stereocenters. The van der Waals surface area contributed by atoms with Crippen LogP contribution in [0.4, 0.5) is 17.1 Å². The molecule has 1 aromatic heterocycles. The molecule has 1 nitrogen and oxygen atoms in total. The third-order valence-corrected chi connectivity index (χ3v) is 11.8. The lowest BCUT2D eigenvalue weighted by Gasteiger charge is -2.26. The summed E-state index contributed by atoms with van der Waals surface area (Å²) in [6, 6.07) is 60.6. The van der Waals surface area contributed by atoms with Crippen LogP contribution in [0.1, 0.15) is 25.0 Å². The predicted octanol–water partition coefficient (Wildman–Crippen LogP) is 13.8. The summed E-state index contributed by atoms with van der Waals surface area (Å²) in [7, 11) is 0. The monoisotopic (exact) mass is 643 g/mol. The molecule has 2 heteroatoms. The first-order valence-corrected chi connectivity index (χ1v) is 17.8. The molecule has 232 valence electrons. The van der Waals surface area contributed by atoms with E-state index in [1.165, 1.54) is 75.1 Å². The highest BCUT2D eigenvalue weighted by atomic mass is 32.1. The summed E-state index contributed by atoms with van der Waals surface area (Å²) in [6.45, 7) is 4.72. The molecule has 1 aliphatic carbocycles. The van der Waals surface area contributed by atoms with E-state index < -0.39 is 0 Å². The van der Waals surface area contributed by atoms with Crippen molar-refractivity contribution in [1.29, 1.82) is 0 Å². The summed E-state index contributed by atoms with van der Waals surface area (Å²) in [5.74, 6) is 0. The number of benzene rings is 8. The Bertz CT molecular complexity index is 2730. The highest BCUT2D eigenvalue weighted by molar-refractivity contribution is 7.25. The van der Waals surface area contributed by atoms with Gasteiger partial charge in [-0.15, -0.1) is 11.3 Å². The van der Waals surface area contributed by atoms with Crippen molar-refractivity contribution in [3.05, 3.63) is 175 Å². The third kappa shape index (κ3) is 4.31. The summed E-state index contributed by atoms with van der Waals surface area (Å²) in [5.41, 5.74) is 11.4. The number of hydrogen-bond acceptors (Lipinski definition) is 2. The van der Waals surface area contributed by atoms with Gasteiger partial charge in [0.25, 0.3) is 0 Å². The standard InChI is InChI=1S/C47H33NS/c1-47(2)43-18-10-8-16-37(43)41-27-31-26-39(35-14-6-7-15-36(35)40(31)29-44(41)47)30-20-22-33(23-21-30)48(32-12-4-3-5-13-32)34-24-25-46-42(28-34)38-17-9-11-19-45(38)49-46/h3-29H,1-2H3. The predicted molar refractivity (Wildman–Crippen MR) is 212 cm³/mol. The van der Waals surface area contributed by atoms with E-state index in [4.69, 9.17) is 0 Å². The lowest BCUT2D eigenvalue weighted by atomic mass is 9.81. The quantitative estimate of drug-likeness (QED) is 0.173. The minimum absolute atomic E-state index is 0.0264. The van der Waals surface area contributed by atoms with Crippen LogP contribution in [0.2, 0.25) is 0 Å². The molecule has 0 fully saturated rings. The zero-order valence-corrected chi connectivity index (χ0v) is 28.3. The summed E-state index contributed by atoms with van der Waals surface area (Å²) in [6.07, 6.45) is 0. The average molecular weight is 644 g/mol. The lowest BCUT2D eigenvalue weighted by molar-refractivity contribution is 0.661. The van der Waals surface area contributed by atoms with Crippen molar-refractivity contribution in [2.45, 2.75) is 19.3 Å². The van der Waals surface area contributed by atoms with E-state index in [0.717, 1.165) is 17.1 Å². The van der Waals surface area contributed by atoms with Gasteiger partial charge < -0.3 is 4.90 Å². The normalized spacial score (nSPS) is 13.3. The molecule has 8 aromatic carbocycles. The van der Waals surface area contributed by atoms with Crippen molar-refractivity contribution in [1.82, 2.24) is 0 Å². The summed E-state index contributed by atoms with van der Waals surface area (Å²) in [4.78, 5) is 2.37. The zero-order chi connectivity index (χ0) is 32.7. The molecular weight excluding hydrogens is 611 g/mol. The van der Waals surface area contributed by atoms with Crippen molar-refractivity contribution in [3.8, 4) is 22.3 Å². The van der Waals surface area contributed by atoms with E-state index in [-0.39, 0.29) is 5.41 Å². The van der Waals surface area contributed by atoms with Crippen LogP contribution in [0.15, 0.2) is 164 Å². The van der Waals surface area contributed by atoms with Gasteiger partial charge in [-0.1, -0.05) is 111 Å². The first kappa shape index (κ1) is 28.3. The summed E-state index contributed by atoms with van der Waals surface area (Å²) in [5, 5.41) is 7.80. The van der Waals surface area contributed by atoms with Crippen molar-refractivity contribution in [3.63, 3.8) is 0 Å². The SMILES string of the molecule is CC1(C)c2ccccc2-c2cc3cc(-c4ccc(N(c5ccccc5)c5ccc6sc7ccccc7c6c5)cc4)c4ccccc4c3cc21. The molecule has 0 saturated carbocycles. The van der Waals surface area contributed by atoms with Gasteiger partial charge in [-0.3, -0.25) is 0 Å². The van der Waals surface area contributed by atoms with Gasteiger partial charge in [-0.25, -0.2) is 0 Å². The maximum atomic E-state index is 2.46. The molecule has 0 spiro atoms. The first-order chi connectivity index (χ1) is 24.0. The van der Waals surface area contributed by atoms with Crippen LogP contribution in [0.3, 0.4) is 0 Å². The minimum atomic E-state index is -0.0264. The Morgan fingerprint density at radius 1 is 0.408 bits per heavy atom. The molecule has 0 radical (unpaired) electrons. The Morgan fingerprint density at radius 3 is 1.88 bits per heavy atom. The van der Waals surface area contributed by atoms with E-state index in [9.17, 15) is 0 Å². The number of anilines is 3. The molecule has 49 heavy (non-hydrogen) atoms. The van der Waals surface area contributed by atoms with Crippen LogP contribution in [0, 0.1) is 0 Å². The molecule has 0 N–H and O–H groups in total. The number of hydrogen-bond donors (Lipinski definition) is 0. The second-order valence-corrected chi connectivity index (χ2v) is 14.8. The lowest BCUT2D eigenvalue weighted by Crippen LogP contribution is -2.14. The fraction of sp³-hybridized carbons (Fsp3) is 0.0638. The van der Waals surface area contributed by atoms with Crippen molar-refractivity contribution in [2.24, 2.45) is 0 Å². The molecule has 0 bridgehead atoms. The Morgan fingerprint density at radius 2 is 1.04 bits per heavy atom. The number of fused-ring (bicyclic) bond motifs is 9. The molecule has 0 amide bonds. The number of thiophene rings is 1. The topological polar surface area (TPSA) is 3.24 Å². The molecule has 1 aliphatic rings. The van der Waals surface area contributed by atoms with Crippen LogP contribution in [-0.4, -0.2) is 0 Å². The Kier molecular flexibility index (Phi) is 6.16. The van der Waals surface area contributed by atoms with E-state index in [0.29, 0.717) is 0 Å². The Balaban J connectivity index is 1.12. The smallest absolute Gasteiger partial charge is 0.0468 e. The van der Waals surface area contributed by atoms with E-state index in [1.807, 2.05) is 11.3 Å². The van der Waals surface area contributed by atoms with E-state index in [1.54, 1.807) is 0 Å². The van der Waals surface area contributed by atoms with E-state index in [2.05, 4.69) is 183 Å². The maximum Gasteiger partial charge on any atom is 0.0468 e. The minimum Gasteiger partial charge on any atom is -0.310 e. The highest BCUT2D eigenvalue weighted by Gasteiger charge is 2.35. The van der Waals surface area contributed by atoms with Gasteiger partial charge in [0.1, 0.15) is 0 Å². The number of rotatable bonds is 4. The largest absolute Gasteiger partial charge is 0.310 e. The summed E-state index contributed by atoms with van der Waals surface area (Å²) < 4.78 is 2.64. The van der Waals surface area contributed by atoms with Gasteiger partial charge >= 0.3 is 0 Å². The molecule has 9 aromatic rings. The van der Waals surface area contributed by atoms with Crippen molar-refractivity contribution in [2.75, 3.05) is 4.90 Å². The molecule has 0 atom stereocenters. The number of nitrogens with zero attached hydrogens (tertiary/aromatic N) is 1. The molecule has 1 heterocycles. The molecule has 0 saturated heterocycles.